The van der Waals surface area contributed by atoms with Crippen molar-refractivity contribution in [2.24, 2.45) is 13.0 Å². The molecular formula is C17H20N4O. The van der Waals surface area contributed by atoms with Gasteiger partial charge in [-0.1, -0.05) is 24.3 Å². The Balaban J connectivity index is 1.34. The molecule has 2 aliphatic rings. The van der Waals surface area contributed by atoms with Crippen molar-refractivity contribution in [3.8, 4) is 0 Å². The standard InChI is InChI=1S/C17H20N4O/c1-21-11-14(10-19-21)20-16(22)18-9-13-8-17(13)7-6-12-4-2-3-5-15(12)17/h2-5,10-11,13H,6-9H2,1H3,(H2,18,20,22)/t13-,17-/m1/s1. The number of benzene rings is 1. The van der Waals surface area contributed by atoms with Crippen LogP contribution in [0.5, 0.6) is 0 Å². The third kappa shape index (κ3) is 2.17. The van der Waals surface area contributed by atoms with E-state index in [9.17, 15) is 4.79 Å². The topological polar surface area (TPSA) is 59.0 Å². The number of carbonyl (C=O) groups excluding carboxylic acids is 1. The van der Waals surface area contributed by atoms with Crippen LogP contribution in [0.25, 0.3) is 0 Å². The third-order valence-corrected chi connectivity index (χ3v) is 5.10. The van der Waals surface area contributed by atoms with Gasteiger partial charge in [0.05, 0.1) is 11.9 Å². The summed E-state index contributed by atoms with van der Waals surface area (Å²) in [5.41, 5.74) is 4.05. The molecule has 22 heavy (non-hydrogen) atoms. The zero-order chi connectivity index (χ0) is 15.2. The van der Waals surface area contributed by atoms with Crippen LogP contribution in [-0.2, 0) is 18.9 Å². The van der Waals surface area contributed by atoms with Crippen LogP contribution in [0.4, 0.5) is 10.5 Å². The molecule has 2 aliphatic carbocycles. The predicted molar refractivity (Wildman–Crippen MR) is 84.8 cm³/mol. The number of nitrogens with zero attached hydrogens (tertiary/aromatic N) is 2. The number of aromatic nitrogens is 2. The molecule has 0 radical (unpaired) electrons. The minimum absolute atomic E-state index is 0.152. The second-order valence-corrected chi connectivity index (χ2v) is 6.45. The third-order valence-electron chi connectivity index (χ3n) is 5.10. The monoisotopic (exact) mass is 296 g/mol. The Morgan fingerprint density at radius 1 is 1.45 bits per heavy atom. The minimum Gasteiger partial charge on any atom is -0.338 e. The van der Waals surface area contributed by atoms with Gasteiger partial charge in [0.25, 0.3) is 0 Å². The summed E-state index contributed by atoms with van der Waals surface area (Å²) < 4.78 is 1.67. The Labute approximate surface area is 129 Å². The molecule has 1 aromatic carbocycles. The van der Waals surface area contributed by atoms with E-state index in [0.717, 1.165) is 12.2 Å². The Bertz CT molecular complexity index is 723. The molecule has 5 nitrogen and oxygen atoms in total. The van der Waals surface area contributed by atoms with Crippen LogP contribution in [0.15, 0.2) is 36.7 Å². The molecule has 1 spiro atoms. The number of urea groups is 1. The highest BCUT2D eigenvalue weighted by Gasteiger charge is 2.57. The maximum absolute atomic E-state index is 11.9. The van der Waals surface area contributed by atoms with Gasteiger partial charge in [0.2, 0.25) is 0 Å². The number of rotatable bonds is 3. The van der Waals surface area contributed by atoms with Gasteiger partial charge in [-0.2, -0.15) is 5.10 Å². The smallest absolute Gasteiger partial charge is 0.319 e. The Hall–Kier alpha value is -2.30. The maximum Gasteiger partial charge on any atom is 0.319 e. The number of hydrogen-bond acceptors (Lipinski definition) is 2. The number of carbonyl (C=O) groups is 1. The zero-order valence-corrected chi connectivity index (χ0v) is 12.7. The highest BCUT2D eigenvalue weighted by atomic mass is 16.2. The van der Waals surface area contributed by atoms with Gasteiger partial charge < -0.3 is 10.6 Å². The first kappa shape index (κ1) is 13.4. The van der Waals surface area contributed by atoms with E-state index < -0.39 is 0 Å². The molecule has 0 bridgehead atoms. The number of fused-ring (bicyclic) bond motifs is 2. The van der Waals surface area contributed by atoms with Crippen LogP contribution in [0.1, 0.15) is 24.0 Å². The van der Waals surface area contributed by atoms with Crippen molar-refractivity contribution in [3.05, 3.63) is 47.8 Å². The summed E-state index contributed by atoms with van der Waals surface area (Å²) in [6.45, 7) is 0.737. The lowest BCUT2D eigenvalue weighted by atomic mass is 9.95. The van der Waals surface area contributed by atoms with Crippen molar-refractivity contribution in [1.29, 1.82) is 0 Å². The Morgan fingerprint density at radius 2 is 2.32 bits per heavy atom. The number of nitrogens with one attached hydrogen (secondary N) is 2. The quantitative estimate of drug-likeness (QED) is 0.914. The molecule has 2 aromatic rings. The summed E-state index contributed by atoms with van der Waals surface area (Å²) in [7, 11) is 1.83. The number of hydrogen-bond donors (Lipinski definition) is 2. The normalized spacial score (nSPS) is 25.0. The van der Waals surface area contributed by atoms with Crippen molar-refractivity contribution in [2.75, 3.05) is 11.9 Å². The molecule has 0 saturated heterocycles. The molecule has 1 fully saturated rings. The molecular weight excluding hydrogens is 276 g/mol. The summed E-state index contributed by atoms with van der Waals surface area (Å²) >= 11 is 0. The van der Waals surface area contributed by atoms with Crippen molar-refractivity contribution in [3.63, 3.8) is 0 Å². The van der Waals surface area contributed by atoms with Crippen molar-refractivity contribution in [2.45, 2.75) is 24.7 Å². The molecule has 2 N–H and O–H groups in total. The van der Waals surface area contributed by atoms with Gasteiger partial charge in [-0.3, -0.25) is 4.68 Å². The van der Waals surface area contributed by atoms with E-state index in [1.54, 1.807) is 17.1 Å². The fourth-order valence-electron chi connectivity index (χ4n) is 3.88. The fraction of sp³-hybridized carbons (Fsp3) is 0.412. The van der Waals surface area contributed by atoms with Crippen LogP contribution < -0.4 is 10.6 Å². The second kappa shape index (κ2) is 4.87. The number of aryl methyl sites for hydroxylation is 2. The van der Waals surface area contributed by atoms with Crippen molar-refractivity contribution < 1.29 is 4.79 Å². The van der Waals surface area contributed by atoms with Gasteiger partial charge in [0.15, 0.2) is 0 Å². The molecule has 2 amide bonds. The van der Waals surface area contributed by atoms with Crippen LogP contribution in [0.3, 0.4) is 0 Å². The van der Waals surface area contributed by atoms with E-state index in [2.05, 4.69) is 40.0 Å². The van der Waals surface area contributed by atoms with Crippen LogP contribution in [0.2, 0.25) is 0 Å². The largest absolute Gasteiger partial charge is 0.338 e. The summed E-state index contributed by atoms with van der Waals surface area (Å²) in [4.78, 5) is 11.9. The minimum atomic E-state index is -0.152. The van der Waals surface area contributed by atoms with Gasteiger partial charge in [-0.15, -0.1) is 0 Å². The van der Waals surface area contributed by atoms with Crippen LogP contribution in [0, 0.1) is 5.92 Å². The van der Waals surface area contributed by atoms with Gasteiger partial charge in [0.1, 0.15) is 0 Å². The summed E-state index contributed by atoms with van der Waals surface area (Å²) in [5.74, 6) is 0.566. The number of anilines is 1. The lowest BCUT2D eigenvalue weighted by Gasteiger charge is -2.12. The molecule has 2 atom stereocenters. The van der Waals surface area contributed by atoms with Crippen molar-refractivity contribution in [1.82, 2.24) is 15.1 Å². The van der Waals surface area contributed by atoms with Gasteiger partial charge in [-0.05, 0) is 36.3 Å². The molecule has 0 aliphatic heterocycles. The molecule has 0 unspecified atom stereocenters. The van der Waals surface area contributed by atoms with Crippen LogP contribution in [-0.4, -0.2) is 22.4 Å². The first-order valence-electron chi connectivity index (χ1n) is 7.79. The zero-order valence-electron chi connectivity index (χ0n) is 12.7. The summed E-state index contributed by atoms with van der Waals surface area (Å²) in [6.07, 6.45) is 7.02. The van der Waals surface area contributed by atoms with Crippen molar-refractivity contribution >= 4 is 11.7 Å². The van der Waals surface area contributed by atoms with Gasteiger partial charge >= 0.3 is 6.03 Å². The van der Waals surface area contributed by atoms with Gasteiger partial charge in [-0.25, -0.2) is 4.79 Å². The molecule has 1 heterocycles. The van der Waals surface area contributed by atoms with Crippen LogP contribution >= 0.6 is 0 Å². The molecule has 114 valence electrons. The summed E-state index contributed by atoms with van der Waals surface area (Å²) in [5, 5.41) is 9.84. The Morgan fingerprint density at radius 3 is 3.14 bits per heavy atom. The van der Waals surface area contributed by atoms with E-state index in [-0.39, 0.29) is 6.03 Å². The molecule has 5 heteroatoms. The first-order chi connectivity index (χ1) is 10.7. The van der Waals surface area contributed by atoms with E-state index >= 15 is 0 Å². The molecule has 1 saturated carbocycles. The highest BCUT2D eigenvalue weighted by Crippen LogP contribution is 2.61. The average molecular weight is 296 g/mol. The average Bonchev–Trinajstić information content (AvgIpc) is 2.87. The van der Waals surface area contributed by atoms with E-state index in [1.165, 1.54) is 30.4 Å². The lowest BCUT2D eigenvalue weighted by molar-refractivity contribution is 0.251. The second-order valence-electron chi connectivity index (χ2n) is 6.45. The lowest BCUT2D eigenvalue weighted by Crippen LogP contribution is -2.31. The van der Waals surface area contributed by atoms with E-state index in [1.807, 2.05) is 7.05 Å². The number of amides is 2. The highest BCUT2D eigenvalue weighted by molar-refractivity contribution is 5.88. The first-order valence-corrected chi connectivity index (χ1v) is 7.79. The van der Waals surface area contributed by atoms with E-state index in [0.29, 0.717) is 11.3 Å². The van der Waals surface area contributed by atoms with E-state index in [4.69, 9.17) is 0 Å². The molecule has 1 aromatic heterocycles. The Kier molecular flexibility index (Phi) is 2.96. The summed E-state index contributed by atoms with van der Waals surface area (Å²) in [6, 6.07) is 8.60. The maximum atomic E-state index is 11.9. The predicted octanol–water partition coefficient (Wildman–Crippen LogP) is 2.45. The SMILES string of the molecule is Cn1cc(NC(=O)NC[C@H]2C[C@]23CCc2ccccc23)cn1. The van der Waals surface area contributed by atoms with Gasteiger partial charge in [0, 0.05) is 25.2 Å². The fourth-order valence-corrected chi connectivity index (χ4v) is 3.88. The molecule has 4 rings (SSSR count).